The molecule has 0 amide bonds. The summed E-state index contributed by atoms with van der Waals surface area (Å²) in [5.74, 6) is 0.735. The summed E-state index contributed by atoms with van der Waals surface area (Å²) in [5, 5.41) is 14.5. The van der Waals surface area contributed by atoms with Gasteiger partial charge in [0, 0.05) is 17.7 Å². The second-order valence-electron chi connectivity index (χ2n) is 5.45. The van der Waals surface area contributed by atoms with Crippen LogP contribution in [-0.4, -0.2) is 11.5 Å². The maximum Gasteiger partial charge on any atom is 0.274 e. The average molecular weight is 262 g/mol. The minimum Gasteiger partial charge on any atom is -0.310 e. The van der Waals surface area contributed by atoms with Crippen LogP contribution in [0.1, 0.15) is 50.6 Å². The molecule has 1 aliphatic carbocycles. The molecular weight excluding hydrogens is 240 g/mol. The number of para-hydroxylation sites is 1. The number of nitro benzene ring substituents is 1. The van der Waals surface area contributed by atoms with Crippen LogP contribution in [0.3, 0.4) is 0 Å². The van der Waals surface area contributed by atoms with Crippen LogP contribution in [0.2, 0.25) is 0 Å². The third-order valence-corrected chi connectivity index (χ3v) is 4.04. The number of rotatable bonds is 5. The van der Waals surface area contributed by atoms with Crippen molar-refractivity contribution in [3.8, 4) is 0 Å². The third kappa shape index (κ3) is 3.77. The van der Waals surface area contributed by atoms with E-state index in [1.165, 1.54) is 32.1 Å². The Bertz CT molecular complexity index is 428. The maximum atomic E-state index is 11.0. The summed E-state index contributed by atoms with van der Waals surface area (Å²) in [5.41, 5.74) is 0.995. The summed E-state index contributed by atoms with van der Waals surface area (Å²) in [6.45, 7) is 2.97. The van der Waals surface area contributed by atoms with Crippen LogP contribution < -0.4 is 5.32 Å². The van der Waals surface area contributed by atoms with Gasteiger partial charge in [-0.05, 0) is 32.2 Å². The van der Waals surface area contributed by atoms with E-state index in [-0.39, 0.29) is 16.7 Å². The fourth-order valence-corrected chi connectivity index (χ4v) is 2.86. The molecule has 1 aliphatic rings. The quantitative estimate of drug-likeness (QED) is 0.648. The van der Waals surface area contributed by atoms with Gasteiger partial charge in [0.05, 0.1) is 4.92 Å². The predicted octanol–water partition coefficient (Wildman–Crippen LogP) is 3.83. The SMILES string of the molecule is CC(NCC1CCCCC1)c1ccccc1[N+](=O)[O-]. The van der Waals surface area contributed by atoms with E-state index in [2.05, 4.69) is 5.32 Å². The zero-order chi connectivity index (χ0) is 13.7. The highest BCUT2D eigenvalue weighted by molar-refractivity contribution is 5.41. The molecule has 0 aliphatic heterocycles. The van der Waals surface area contributed by atoms with E-state index >= 15 is 0 Å². The van der Waals surface area contributed by atoms with Crippen LogP contribution in [-0.2, 0) is 0 Å². The van der Waals surface area contributed by atoms with Gasteiger partial charge in [-0.15, -0.1) is 0 Å². The minimum absolute atomic E-state index is 0.0310. The van der Waals surface area contributed by atoms with Crippen molar-refractivity contribution in [2.45, 2.75) is 45.1 Å². The Hall–Kier alpha value is -1.42. The molecule has 1 fully saturated rings. The molecule has 1 unspecified atom stereocenters. The second-order valence-corrected chi connectivity index (χ2v) is 5.45. The highest BCUT2D eigenvalue weighted by Gasteiger charge is 2.19. The Labute approximate surface area is 114 Å². The Balaban J connectivity index is 1.95. The van der Waals surface area contributed by atoms with Crippen molar-refractivity contribution in [2.24, 2.45) is 5.92 Å². The fourth-order valence-electron chi connectivity index (χ4n) is 2.86. The first-order chi connectivity index (χ1) is 9.18. The highest BCUT2D eigenvalue weighted by atomic mass is 16.6. The number of nitrogens with one attached hydrogen (secondary N) is 1. The molecule has 0 bridgehead atoms. The molecule has 2 rings (SSSR count). The summed E-state index contributed by atoms with van der Waals surface area (Å²) < 4.78 is 0. The van der Waals surface area contributed by atoms with Crippen molar-refractivity contribution in [1.82, 2.24) is 5.32 Å². The predicted molar refractivity (Wildman–Crippen MR) is 76.1 cm³/mol. The lowest BCUT2D eigenvalue weighted by Gasteiger charge is -2.24. The van der Waals surface area contributed by atoms with Crippen LogP contribution in [0, 0.1) is 16.0 Å². The Kier molecular flexibility index (Phi) is 4.91. The molecule has 19 heavy (non-hydrogen) atoms. The van der Waals surface area contributed by atoms with Crippen molar-refractivity contribution in [3.05, 3.63) is 39.9 Å². The van der Waals surface area contributed by atoms with Crippen molar-refractivity contribution >= 4 is 5.69 Å². The van der Waals surface area contributed by atoms with E-state index < -0.39 is 0 Å². The maximum absolute atomic E-state index is 11.0. The molecule has 0 saturated heterocycles. The van der Waals surface area contributed by atoms with Gasteiger partial charge in [-0.2, -0.15) is 0 Å². The van der Waals surface area contributed by atoms with Crippen molar-refractivity contribution in [2.75, 3.05) is 6.54 Å². The molecule has 1 saturated carbocycles. The van der Waals surface area contributed by atoms with Gasteiger partial charge >= 0.3 is 0 Å². The van der Waals surface area contributed by atoms with Gasteiger partial charge in [0.15, 0.2) is 0 Å². The van der Waals surface area contributed by atoms with Crippen molar-refractivity contribution in [3.63, 3.8) is 0 Å². The first-order valence-corrected chi connectivity index (χ1v) is 7.15. The molecular formula is C15H22N2O2. The van der Waals surface area contributed by atoms with Gasteiger partial charge in [-0.25, -0.2) is 0 Å². The normalized spacial score (nSPS) is 18.2. The fraction of sp³-hybridized carbons (Fsp3) is 0.600. The monoisotopic (exact) mass is 262 g/mol. The first kappa shape index (κ1) is 14.0. The van der Waals surface area contributed by atoms with Gasteiger partial charge in [-0.3, -0.25) is 10.1 Å². The van der Waals surface area contributed by atoms with E-state index in [0.29, 0.717) is 0 Å². The summed E-state index contributed by atoms with van der Waals surface area (Å²) in [6.07, 6.45) is 6.59. The molecule has 1 atom stereocenters. The van der Waals surface area contributed by atoms with Gasteiger partial charge in [0.25, 0.3) is 5.69 Å². The van der Waals surface area contributed by atoms with Crippen LogP contribution >= 0.6 is 0 Å². The van der Waals surface area contributed by atoms with Gasteiger partial charge < -0.3 is 5.32 Å². The molecule has 1 aromatic carbocycles. The molecule has 4 heteroatoms. The van der Waals surface area contributed by atoms with Crippen LogP contribution in [0.5, 0.6) is 0 Å². The summed E-state index contributed by atoms with van der Waals surface area (Å²) in [7, 11) is 0. The molecule has 104 valence electrons. The number of benzene rings is 1. The number of nitro groups is 1. The largest absolute Gasteiger partial charge is 0.310 e. The molecule has 0 spiro atoms. The Morgan fingerprint density at radius 3 is 2.68 bits per heavy atom. The smallest absolute Gasteiger partial charge is 0.274 e. The Morgan fingerprint density at radius 1 is 1.32 bits per heavy atom. The summed E-state index contributed by atoms with van der Waals surface area (Å²) >= 11 is 0. The zero-order valence-electron chi connectivity index (χ0n) is 11.5. The third-order valence-electron chi connectivity index (χ3n) is 4.04. The van der Waals surface area contributed by atoms with E-state index in [4.69, 9.17) is 0 Å². The molecule has 1 aromatic rings. The van der Waals surface area contributed by atoms with E-state index in [1.807, 2.05) is 19.1 Å². The molecule has 0 radical (unpaired) electrons. The summed E-state index contributed by atoms with van der Waals surface area (Å²) in [6, 6.07) is 7.03. The Morgan fingerprint density at radius 2 is 2.00 bits per heavy atom. The van der Waals surface area contributed by atoms with Gasteiger partial charge in [0.1, 0.15) is 0 Å². The van der Waals surface area contributed by atoms with Crippen LogP contribution in [0.4, 0.5) is 5.69 Å². The standard InChI is InChI=1S/C15H22N2O2/c1-12(16-11-13-7-3-2-4-8-13)14-9-5-6-10-15(14)17(18)19/h5-6,9-10,12-13,16H,2-4,7-8,11H2,1H3. The molecule has 1 N–H and O–H groups in total. The lowest BCUT2D eigenvalue weighted by molar-refractivity contribution is -0.385. The first-order valence-electron chi connectivity index (χ1n) is 7.15. The van der Waals surface area contributed by atoms with Crippen molar-refractivity contribution in [1.29, 1.82) is 0 Å². The van der Waals surface area contributed by atoms with Crippen molar-refractivity contribution < 1.29 is 4.92 Å². The van der Waals surface area contributed by atoms with E-state index in [0.717, 1.165) is 18.0 Å². The van der Waals surface area contributed by atoms with Gasteiger partial charge in [-0.1, -0.05) is 37.5 Å². The van der Waals surface area contributed by atoms with E-state index in [1.54, 1.807) is 12.1 Å². The lowest BCUT2D eigenvalue weighted by Crippen LogP contribution is -2.27. The number of hydrogen-bond acceptors (Lipinski definition) is 3. The second kappa shape index (κ2) is 6.66. The summed E-state index contributed by atoms with van der Waals surface area (Å²) in [4.78, 5) is 10.7. The van der Waals surface area contributed by atoms with Crippen LogP contribution in [0.15, 0.2) is 24.3 Å². The average Bonchev–Trinajstić information content (AvgIpc) is 2.46. The van der Waals surface area contributed by atoms with E-state index in [9.17, 15) is 10.1 Å². The molecule has 0 aromatic heterocycles. The van der Waals surface area contributed by atoms with Gasteiger partial charge in [0.2, 0.25) is 0 Å². The highest BCUT2D eigenvalue weighted by Crippen LogP contribution is 2.26. The van der Waals surface area contributed by atoms with Crippen LogP contribution in [0.25, 0.3) is 0 Å². The lowest BCUT2D eigenvalue weighted by atomic mass is 9.89. The number of hydrogen-bond donors (Lipinski definition) is 1. The molecule has 0 heterocycles. The zero-order valence-corrected chi connectivity index (χ0v) is 11.5. The number of nitrogens with zero attached hydrogens (tertiary/aromatic N) is 1. The molecule has 4 nitrogen and oxygen atoms in total. The topological polar surface area (TPSA) is 55.2 Å². The minimum atomic E-state index is -0.297.